The van der Waals surface area contributed by atoms with Gasteiger partial charge >= 0.3 is 0 Å². The number of nitrogens with zero attached hydrogens (tertiary/aromatic N) is 3. The molecular formula is C72H49N3OSi. The largest absolute Gasteiger partial charge is 0.456 e. The fourth-order valence-corrected chi connectivity index (χ4v) is 17.9. The van der Waals surface area contributed by atoms with Crippen LogP contribution in [0.4, 0.5) is 34.3 Å². The summed E-state index contributed by atoms with van der Waals surface area (Å²) in [4.78, 5) is 4.93. The van der Waals surface area contributed by atoms with Crippen molar-refractivity contribution in [1.29, 1.82) is 0 Å². The van der Waals surface area contributed by atoms with E-state index in [4.69, 9.17) is 4.42 Å². The van der Waals surface area contributed by atoms with Crippen molar-refractivity contribution in [1.82, 2.24) is 4.57 Å². The third-order valence-corrected chi connectivity index (χ3v) is 20.7. The summed E-state index contributed by atoms with van der Waals surface area (Å²) in [5, 5.41) is 11.3. The SMILES string of the molecule is c1ccc(N2c3ccccc3[Si](c3ccccc3)(c3ccccc3)c3c2n(-c2ccccc2)c2cccc(-c4ccc(N(c5ccc(-c6cccc7ccccc67)cc5)c5cccc6oc7ccccc7c56)cc4)c32)cc1. The zero-order valence-corrected chi connectivity index (χ0v) is 43.0. The predicted molar refractivity (Wildman–Crippen MR) is 325 cm³/mol. The monoisotopic (exact) mass is 999 g/mol. The van der Waals surface area contributed by atoms with Crippen LogP contribution in [0.5, 0.6) is 0 Å². The number of aromatic nitrogens is 1. The van der Waals surface area contributed by atoms with Gasteiger partial charge in [-0.25, -0.2) is 0 Å². The minimum Gasteiger partial charge on any atom is -0.456 e. The number of hydrogen-bond acceptors (Lipinski definition) is 3. The van der Waals surface area contributed by atoms with Crippen molar-refractivity contribution in [2.75, 3.05) is 9.80 Å². The van der Waals surface area contributed by atoms with Crippen molar-refractivity contribution in [3.8, 4) is 27.9 Å². The Balaban J connectivity index is 0.988. The van der Waals surface area contributed by atoms with Gasteiger partial charge in [-0.15, -0.1) is 0 Å². The van der Waals surface area contributed by atoms with Gasteiger partial charge in [0.2, 0.25) is 0 Å². The van der Waals surface area contributed by atoms with Crippen LogP contribution in [-0.2, 0) is 0 Å². The molecule has 77 heavy (non-hydrogen) atoms. The first kappa shape index (κ1) is 44.5. The first-order chi connectivity index (χ1) is 38.2. The highest BCUT2D eigenvalue weighted by Crippen LogP contribution is 2.47. The van der Waals surface area contributed by atoms with E-state index in [0.29, 0.717) is 0 Å². The number of rotatable bonds is 9. The lowest BCUT2D eigenvalue weighted by Crippen LogP contribution is -2.77. The number of para-hydroxylation sites is 4. The normalized spacial score (nSPS) is 12.8. The summed E-state index contributed by atoms with van der Waals surface area (Å²) in [5.74, 6) is 1.16. The number of anilines is 6. The molecule has 362 valence electrons. The molecule has 5 heteroatoms. The molecule has 0 N–H and O–H groups in total. The van der Waals surface area contributed by atoms with Gasteiger partial charge < -0.3 is 9.32 Å². The third kappa shape index (κ3) is 6.98. The van der Waals surface area contributed by atoms with Gasteiger partial charge in [0.05, 0.1) is 16.6 Å². The molecule has 0 radical (unpaired) electrons. The second-order valence-corrected chi connectivity index (χ2v) is 23.6. The molecule has 0 saturated carbocycles. The molecule has 15 rings (SSSR count). The average Bonchev–Trinajstić information content (AvgIpc) is 4.27. The number of benzene rings is 12. The van der Waals surface area contributed by atoms with Crippen LogP contribution in [-0.4, -0.2) is 12.6 Å². The Morgan fingerprint density at radius 3 is 1.58 bits per heavy atom. The topological polar surface area (TPSA) is 24.6 Å². The first-order valence-electron chi connectivity index (χ1n) is 26.4. The smallest absolute Gasteiger partial charge is 0.186 e. The number of furan rings is 1. The third-order valence-electron chi connectivity index (χ3n) is 15.8. The fourth-order valence-electron chi connectivity index (χ4n) is 12.6. The Hall–Kier alpha value is -9.94. The molecule has 1 aliphatic heterocycles. The van der Waals surface area contributed by atoms with E-state index in [1.807, 2.05) is 6.07 Å². The highest BCUT2D eigenvalue weighted by atomic mass is 28.3. The van der Waals surface area contributed by atoms with Crippen molar-refractivity contribution in [2.24, 2.45) is 0 Å². The van der Waals surface area contributed by atoms with Gasteiger partial charge in [-0.05, 0) is 127 Å². The van der Waals surface area contributed by atoms with Crippen LogP contribution in [0.2, 0.25) is 0 Å². The molecule has 0 saturated heterocycles. The molecule has 2 aromatic heterocycles. The van der Waals surface area contributed by atoms with Crippen LogP contribution in [0.25, 0.3) is 71.6 Å². The Morgan fingerprint density at radius 1 is 0.364 bits per heavy atom. The van der Waals surface area contributed by atoms with Crippen LogP contribution in [0.15, 0.2) is 302 Å². The van der Waals surface area contributed by atoms with Gasteiger partial charge in [0, 0.05) is 44.4 Å². The summed E-state index contributed by atoms with van der Waals surface area (Å²) in [6, 6.07) is 109. The lowest BCUT2D eigenvalue weighted by Gasteiger charge is -2.44. The molecule has 0 spiro atoms. The number of hydrogen-bond donors (Lipinski definition) is 0. The van der Waals surface area contributed by atoms with Crippen molar-refractivity contribution in [2.45, 2.75) is 0 Å². The molecule has 0 fully saturated rings. The van der Waals surface area contributed by atoms with Crippen LogP contribution in [0.1, 0.15) is 0 Å². The maximum Gasteiger partial charge on any atom is 0.186 e. The fraction of sp³-hybridized carbons (Fsp3) is 0. The molecule has 0 atom stereocenters. The quantitative estimate of drug-likeness (QED) is 0.135. The molecule has 14 aromatic rings. The maximum absolute atomic E-state index is 6.54. The highest BCUT2D eigenvalue weighted by Gasteiger charge is 2.52. The molecule has 3 heterocycles. The first-order valence-corrected chi connectivity index (χ1v) is 28.4. The second-order valence-electron chi connectivity index (χ2n) is 19.9. The van der Waals surface area contributed by atoms with Crippen molar-refractivity contribution in [3.05, 3.63) is 297 Å². The maximum atomic E-state index is 6.54. The van der Waals surface area contributed by atoms with Crippen molar-refractivity contribution < 1.29 is 4.42 Å². The van der Waals surface area contributed by atoms with E-state index < -0.39 is 8.07 Å². The molecule has 12 aromatic carbocycles. The van der Waals surface area contributed by atoms with E-state index in [0.717, 1.165) is 67.3 Å². The van der Waals surface area contributed by atoms with Crippen molar-refractivity contribution in [3.63, 3.8) is 0 Å². The van der Waals surface area contributed by atoms with Crippen LogP contribution in [0, 0.1) is 0 Å². The van der Waals surface area contributed by atoms with Gasteiger partial charge in [-0.3, -0.25) is 9.47 Å². The summed E-state index contributed by atoms with van der Waals surface area (Å²) in [6.45, 7) is 0. The van der Waals surface area contributed by atoms with E-state index in [1.165, 1.54) is 59.3 Å². The molecule has 0 bridgehead atoms. The summed E-state index contributed by atoms with van der Waals surface area (Å²) in [7, 11) is -3.17. The number of fused-ring (bicyclic) bond motifs is 8. The van der Waals surface area contributed by atoms with Gasteiger partial charge in [0.15, 0.2) is 8.07 Å². The Bertz CT molecular complexity index is 4450. The summed E-state index contributed by atoms with van der Waals surface area (Å²) in [6.07, 6.45) is 0. The summed E-state index contributed by atoms with van der Waals surface area (Å²) in [5.41, 5.74) is 14.2. The van der Waals surface area contributed by atoms with Crippen LogP contribution >= 0.6 is 0 Å². The lowest BCUT2D eigenvalue weighted by atomic mass is 9.98. The second kappa shape index (κ2) is 18.2. The van der Waals surface area contributed by atoms with E-state index in [2.05, 4.69) is 306 Å². The van der Waals surface area contributed by atoms with Gasteiger partial charge in [0.1, 0.15) is 17.0 Å². The van der Waals surface area contributed by atoms with E-state index in [9.17, 15) is 0 Å². The Kier molecular flexibility index (Phi) is 10.5. The zero-order chi connectivity index (χ0) is 50.9. The summed E-state index contributed by atoms with van der Waals surface area (Å²) < 4.78 is 9.08. The van der Waals surface area contributed by atoms with Gasteiger partial charge in [-0.2, -0.15) is 0 Å². The molecular weight excluding hydrogens is 951 g/mol. The molecule has 4 nitrogen and oxygen atoms in total. The molecule has 0 amide bonds. The average molecular weight is 1000 g/mol. The molecule has 0 unspecified atom stereocenters. The lowest BCUT2D eigenvalue weighted by molar-refractivity contribution is 0.669. The van der Waals surface area contributed by atoms with Crippen LogP contribution < -0.4 is 30.5 Å². The van der Waals surface area contributed by atoms with E-state index in [1.54, 1.807) is 0 Å². The van der Waals surface area contributed by atoms with Crippen molar-refractivity contribution >= 4 is 107 Å². The predicted octanol–water partition coefficient (Wildman–Crippen LogP) is 16.6. The highest BCUT2D eigenvalue weighted by molar-refractivity contribution is 7.22. The zero-order valence-electron chi connectivity index (χ0n) is 42.0. The Labute approximate surface area is 448 Å². The summed E-state index contributed by atoms with van der Waals surface area (Å²) >= 11 is 0. The van der Waals surface area contributed by atoms with Crippen LogP contribution in [0.3, 0.4) is 0 Å². The van der Waals surface area contributed by atoms with Gasteiger partial charge in [0.25, 0.3) is 0 Å². The van der Waals surface area contributed by atoms with E-state index >= 15 is 0 Å². The minimum absolute atomic E-state index is 0.854. The standard InChI is InChI=1S/C72H49N3OSi/c1-5-24-53(25-6-1)74-63-36-16-18-41-68(63)77(57-28-9-3-10-29-57,58-30-11-4-12-31-58)71-70-61(35-20-37-65(70)75(72(71)74)54-26-7-2-8-27-54)52-44-48-56(49-45-52)73(64-38-21-40-67-69(64)62-33-15-17-39-66(62)76-67)55-46-42-51(43-47-55)60-34-19-23-50-22-13-14-32-59(50)60/h1-49H. The Morgan fingerprint density at radius 2 is 0.883 bits per heavy atom. The van der Waals surface area contributed by atoms with Gasteiger partial charge in [-0.1, -0.05) is 218 Å². The van der Waals surface area contributed by atoms with E-state index in [-0.39, 0.29) is 0 Å². The molecule has 1 aliphatic rings. The molecule has 0 aliphatic carbocycles. The minimum atomic E-state index is -3.17.